The van der Waals surface area contributed by atoms with Crippen LogP contribution < -0.4 is 15.4 Å². The lowest BCUT2D eigenvalue weighted by Gasteiger charge is -2.16. The van der Waals surface area contributed by atoms with Crippen molar-refractivity contribution >= 4 is 17.7 Å². The van der Waals surface area contributed by atoms with Gasteiger partial charge in [0.1, 0.15) is 23.4 Å². The number of nitrogens with one attached hydrogen (secondary N) is 2. The number of hydrogen-bond acceptors (Lipinski definition) is 6. The summed E-state index contributed by atoms with van der Waals surface area (Å²) in [7, 11) is 1.82. The molecule has 2 aromatic carbocycles. The molecular formula is C25H27N3O5. The number of carbonyl (C=O) groups is 2. The first kappa shape index (κ1) is 23.6. The number of phenolic OH excluding ortho intramolecular Hbond substituents is 1. The summed E-state index contributed by atoms with van der Waals surface area (Å²) in [4.78, 5) is 28.7. The molecule has 0 aliphatic carbocycles. The SMILES string of the molecule is CNc1cccc(CCOc2ccc(C[C@H](NC(=O)c3cccc(O)c3C)C(=O)O)cc2)n1. The standard InChI is InChI=1S/C25H27N3O5/c1-16-20(6-4-7-22(16)29)24(30)28-21(25(31)32)15-17-9-11-19(12-10-17)33-14-13-18-5-3-8-23(26-2)27-18/h3-12,21,29H,13-15H2,1-2H3,(H,26,27)(H,28,30)(H,31,32)/t21-/m0/s1. The van der Waals surface area contributed by atoms with E-state index in [9.17, 15) is 19.8 Å². The van der Waals surface area contributed by atoms with Crippen LogP contribution in [0.2, 0.25) is 0 Å². The molecular weight excluding hydrogens is 422 g/mol. The second kappa shape index (κ2) is 11.0. The molecule has 0 aliphatic heterocycles. The van der Waals surface area contributed by atoms with Gasteiger partial charge in [0.2, 0.25) is 0 Å². The number of rotatable bonds is 10. The largest absolute Gasteiger partial charge is 0.508 e. The Labute approximate surface area is 192 Å². The Bertz CT molecular complexity index is 1120. The lowest BCUT2D eigenvalue weighted by molar-refractivity contribution is -0.139. The zero-order chi connectivity index (χ0) is 23.8. The fourth-order valence-electron chi connectivity index (χ4n) is 3.29. The first-order chi connectivity index (χ1) is 15.9. The van der Waals surface area contributed by atoms with E-state index in [0.717, 1.165) is 17.1 Å². The number of phenols is 1. The monoisotopic (exact) mass is 449 g/mol. The molecule has 4 N–H and O–H groups in total. The summed E-state index contributed by atoms with van der Waals surface area (Å²) < 4.78 is 5.77. The van der Waals surface area contributed by atoms with Crippen LogP contribution in [0.3, 0.4) is 0 Å². The van der Waals surface area contributed by atoms with Gasteiger partial charge in [-0.2, -0.15) is 0 Å². The molecule has 0 aliphatic rings. The summed E-state index contributed by atoms with van der Waals surface area (Å²) >= 11 is 0. The Morgan fingerprint density at radius 3 is 2.48 bits per heavy atom. The summed E-state index contributed by atoms with van der Waals surface area (Å²) in [5, 5.41) is 24.9. The summed E-state index contributed by atoms with van der Waals surface area (Å²) in [5.41, 5.74) is 2.29. The van der Waals surface area contributed by atoms with Gasteiger partial charge in [0.25, 0.3) is 5.91 Å². The molecule has 3 aromatic rings. The summed E-state index contributed by atoms with van der Waals surface area (Å²) in [6.45, 7) is 2.06. The van der Waals surface area contributed by atoms with E-state index in [2.05, 4.69) is 15.6 Å². The van der Waals surface area contributed by atoms with Crippen molar-refractivity contribution in [2.75, 3.05) is 19.0 Å². The third-order valence-electron chi connectivity index (χ3n) is 5.21. The van der Waals surface area contributed by atoms with Crippen LogP contribution in [0.1, 0.15) is 27.2 Å². The number of benzene rings is 2. The molecule has 8 nitrogen and oxygen atoms in total. The number of carboxylic acid groups (broad SMARTS) is 1. The third kappa shape index (κ3) is 6.46. The predicted molar refractivity (Wildman–Crippen MR) is 125 cm³/mol. The van der Waals surface area contributed by atoms with Crippen LogP contribution in [0, 0.1) is 6.92 Å². The number of aromatic nitrogens is 1. The van der Waals surface area contributed by atoms with Gasteiger partial charge in [-0.1, -0.05) is 24.3 Å². The average molecular weight is 450 g/mol. The van der Waals surface area contributed by atoms with Gasteiger partial charge in [0.15, 0.2) is 0 Å². The Kier molecular flexibility index (Phi) is 7.86. The Morgan fingerprint density at radius 1 is 1.06 bits per heavy atom. The first-order valence-corrected chi connectivity index (χ1v) is 10.5. The maximum Gasteiger partial charge on any atom is 0.326 e. The van der Waals surface area contributed by atoms with E-state index in [1.807, 2.05) is 25.2 Å². The Hall–Kier alpha value is -4.07. The Balaban J connectivity index is 1.56. The average Bonchev–Trinajstić information content (AvgIpc) is 2.81. The number of aliphatic carboxylic acids is 1. The molecule has 0 bridgehead atoms. The van der Waals surface area contributed by atoms with Crippen LogP contribution in [0.5, 0.6) is 11.5 Å². The van der Waals surface area contributed by atoms with Crippen LogP contribution in [-0.2, 0) is 17.6 Å². The van der Waals surface area contributed by atoms with Crippen molar-refractivity contribution in [3.63, 3.8) is 0 Å². The summed E-state index contributed by atoms with van der Waals surface area (Å²) in [6.07, 6.45) is 0.763. The number of anilines is 1. The zero-order valence-corrected chi connectivity index (χ0v) is 18.5. The van der Waals surface area contributed by atoms with Gasteiger partial charge in [0.05, 0.1) is 6.61 Å². The molecule has 0 saturated carbocycles. The quantitative estimate of drug-likeness (QED) is 0.375. The van der Waals surface area contributed by atoms with E-state index in [1.54, 1.807) is 43.3 Å². The molecule has 0 fully saturated rings. The predicted octanol–water partition coefficient (Wildman–Crippen LogP) is 3.18. The second-order valence-electron chi connectivity index (χ2n) is 7.52. The fraction of sp³-hybridized carbons (Fsp3) is 0.240. The molecule has 1 atom stereocenters. The van der Waals surface area contributed by atoms with Crippen molar-refractivity contribution in [2.24, 2.45) is 0 Å². The zero-order valence-electron chi connectivity index (χ0n) is 18.5. The number of ether oxygens (including phenoxy) is 1. The minimum absolute atomic E-state index is 0.0179. The fourth-order valence-corrected chi connectivity index (χ4v) is 3.29. The van der Waals surface area contributed by atoms with E-state index >= 15 is 0 Å². The number of pyridine rings is 1. The molecule has 1 heterocycles. The number of amides is 1. The number of carboxylic acids is 1. The van der Waals surface area contributed by atoms with E-state index in [-0.39, 0.29) is 17.7 Å². The topological polar surface area (TPSA) is 121 Å². The van der Waals surface area contributed by atoms with Gasteiger partial charge in [-0.05, 0) is 48.9 Å². The molecule has 0 saturated heterocycles. The van der Waals surface area contributed by atoms with Crippen molar-refractivity contribution in [1.29, 1.82) is 0 Å². The van der Waals surface area contributed by atoms with Gasteiger partial charge < -0.3 is 25.6 Å². The lowest BCUT2D eigenvalue weighted by Crippen LogP contribution is -2.42. The molecule has 8 heteroatoms. The highest BCUT2D eigenvalue weighted by atomic mass is 16.5. The molecule has 33 heavy (non-hydrogen) atoms. The van der Waals surface area contributed by atoms with Crippen molar-refractivity contribution in [3.8, 4) is 11.5 Å². The molecule has 3 rings (SSSR count). The minimum atomic E-state index is -1.14. The van der Waals surface area contributed by atoms with E-state index in [1.165, 1.54) is 6.07 Å². The molecule has 0 radical (unpaired) electrons. The van der Waals surface area contributed by atoms with Crippen LogP contribution in [0.15, 0.2) is 60.7 Å². The Morgan fingerprint density at radius 2 is 1.79 bits per heavy atom. The maximum absolute atomic E-state index is 12.5. The highest BCUT2D eigenvalue weighted by Crippen LogP contribution is 2.20. The summed E-state index contributed by atoms with van der Waals surface area (Å²) in [5.74, 6) is -0.244. The number of aromatic hydroxyl groups is 1. The van der Waals surface area contributed by atoms with Crippen molar-refractivity contribution in [1.82, 2.24) is 10.3 Å². The number of hydrogen-bond donors (Lipinski definition) is 4. The highest BCUT2D eigenvalue weighted by molar-refractivity contribution is 5.98. The van der Waals surface area contributed by atoms with Crippen molar-refractivity contribution in [3.05, 3.63) is 83.0 Å². The number of carbonyl (C=O) groups excluding carboxylic acids is 1. The van der Waals surface area contributed by atoms with Crippen LogP contribution in [0.4, 0.5) is 5.82 Å². The molecule has 1 aromatic heterocycles. The summed E-state index contributed by atoms with van der Waals surface area (Å²) in [6, 6.07) is 16.3. The number of nitrogens with zero attached hydrogens (tertiary/aromatic N) is 1. The molecule has 172 valence electrons. The van der Waals surface area contributed by atoms with Crippen LogP contribution >= 0.6 is 0 Å². The first-order valence-electron chi connectivity index (χ1n) is 10.5. The van der Waals surface area contributed by atoms with Gasteiger partial charge in [-0.3, -0.25) is 4.79 Å². The van der Waals surface area contributed by atoms with E-state index < -0.39 is 17.9 Å². The van der Waals surface area contributed by atoms with Gasteiger partial charge in [0, 0.05) is 36.7 Å². The highest BCUT2D eigenvalue weighted by Gasteiger charge is 2.22. The van der Waals surface area contributed by atoms with Crippen molar-refractivity contribution in [2.45, 2.75) is 25.8 Å². The molecule has 0 unspecified atom stereocenters. The molecule has 0 spiro atoms. The van der Waals surface area contributed by atoms with Gasteiger partial charge in [-0.25, -0.2) is 9.78 Å². The van der Waals surface area contributed by atoms with Crippen molar-refractivity contribution < 1.29 is 24.5 Å². The molecule has 1 amide bonds. The second-order valence-corrected chi connectivity index (χ2v) is 7.52. The smallest absolute Gasteiger partial charge is 0.326 e. The van der Waals surface area contributed by atoms with Gasteiger partial charge in [-0.15, -0.1) is 0 Å². The normalized spacial score (nSPS) is 11.5. The third-order valence-corrected chi connectivity index (χ3v) is 5.21. The maximum atomic E-state index is 12.5. The van der Waals surface area contributed by atoms with E-state index in [4.69, 9.17) is 4.74 Å². The minimum Gasteiger partial charge on any atom is -0.508 e. The van der Waals surface area contributed by atoms with Crippen LogP contribution in [0.25, 0.3) is 0 Å². The van der Waals surface area contributed by atoms with Crippen LogP contribution in [-0.4, -0.2) is 46.8 Å². The van der Waals surface area contributed by atoms with Gasteiger partial charge >= 0.3 is 5.97 Å². The lowest BCUT2D eigenvalue weighted by atomic mass is 10.0. The van der Waals surface area contributed by atoms with E-state index in [0.29, 0.717) is 24.3 Å².